The lowest BCUT2D eigenvalue weighted by molar-refractivity contribution is 0.232. The van der Waals surface area contributed by atoms with Crippen LogP contribution in [-0.2, 0) is 6.42 Å². The minimum Gasteiger partial charge on any atom is -0.497 e. The molecule has 22 heavy (non-hydrogen) atoms. The molecule has 1 N–H and O–H groups in total. The summed E-state index contributed by atoms with van der Waals surface area (Å²) >= 11 is 12.5. The number of hydrogen-bond acceptors (Lipinski definition) is 3. The maximum atomic E-state index is 6.36. The summed E-state index contributed by atoms with van der Waals surface area (Å²) in [6, 6.07) is 9.39. The summed E-state index contributed by atoms with van der Waals surface area (Å²) in [5, 5.41) is 4.43. The second kappa shape index (κ2) is 6.37. The lowest BCUT2D eigenvalue weighted by Crippen LogP contribution is -2.27. The molecule has 0 aliphatic carbocycles. The van der Waals surface area contributed by atoms with Crippen LogP contribution in [-0.4, -0.2) is 26.8 Å². The first-order valence-electron chi connectivity index (χ1n) is 7.10. The van der Waals surface area contributed by atoms with Crippen molar-refractivity contribution in [3.05, 3.63) is 45.9 Å². The highest BCUT2D eigenvalue weighted by Gasteiger charge is 2.27. The molecule has 5 heteroatoms. The number of rotatable bonds is 4. The fourth-order valence-electron chi connectivity index (χ4n) is 2.77. The Bertz CT molecular complexity index is 703. The van der Waals surface area contributed by atoms with Gasteiger partial charge >= 0.3 is 0 Å². The first kappa shape index (κ1) is 15.5. The summed E-state index contributed by atoms with van der Waals surface area (Å²) in [4.78, 5) is 0. The largest absolute Gasteiger partial charge is 0.497 e. The van der Waals surface area contributed by atoms with Gasteiger partial charge in [0.1, 0.15) is 17.6 Å². The predicted octanol–water partition coefficient (Wildman–Crippen LogP) is 4.19. The molecule has 2 aromatic carbocycles. The van der Waals surface area contributed by atoms with Crippen LogP contribution in [0.1, 0.15) is 5.56 Å². The van der Waals surface area contributed by atoms with Crippen molar-refractivity contribution in [2.45, 2.75) is 12.5 Å². The lowest BCUT2D eigenvalue weighted by atomic mass is 10.00. The SMILES string of the molecule is CNCC1Cc2cc(OC)cc(-c3cc(Cl)ccc3Cl)c2O1. The molecule has 3 rings (SSSR count). The molecule has 0 spiro atoms. The Morgan fingerprint density at radius 1 is 1.23 bits per heavy atom. The molecule has 1 heterocycles. The van der Waals surface area contributed by atoms with E-state index in [2.05, 4.69) is 5.32 Å². The predicted molar refractivity (Wildman–Crippen MR) is 90.5 cm³/mol. The molecule has 116 valence electrons. The van der Waals surface area contributed by atoms with Gasteiger partial charge in [0, 0.05) is 39.7 Å². The van der Waals surface area contributed by atoms with Gasteiger partial charge < -0.3 is 14.8 Å². The number of methoxy groups -OCH3 is 1. The molecule has 3 nitrogen and oxygen atoms in total. The smallest absolute Gasteiger partial charge is 0.131 e. The average molecular weight is 338 g/mol. The second-order valence-corrected chi connectivity index (χ2v) is 6.13. The normalized spacial score (nSPS) is 16.3. The summed E-state index contributed by atoms with van der Waals surface area (Å²) in [6.07, 6.45) is 0.960. The van der Waals surface area contributed by atoms with E-state index in [0.29, 0.717) is 10.0 Å². The highest BCUT2D eigenvalue weighted by Crippen LogP contribution is 2.44. The zero-order chi connectivity index (χ0) is 15.7. The van der Waals surface area contributed by atoms with Crippen molar-refractivity contribution in [2.24, 2.45) is 0 Å². The Morgan fingerprint density at radius 2 is 2.05 bits per heavy atom. The summed E-state index contributed by atoms with van der Waals surface area (Å²) in [5.74, 6) is 1.66. The number of hydrogen-bond donors (Lipinski definition) is 1. The van der Waals surface area contributed by atoms with Gasteiger partial charge in [-0.15, -0.1) is 0 Å². The van der Waals surface area contributed by atoms with E-state index < -0.39 is 0 Å². The van der Waals surface area contributed by atoms with Gasteiger partial charge in [-0.25, -0.2) is 0 Å². The van der Waals surface area contributed by atoms with Crippen molar-refractivity contribution >= 4 is 23.2 Å². The number of benzene rings is 2. The number of halogens is 2. The first-order chi connectivity index (χ1) is 10.6. The van der Waals surface area contributed by atoms with Crippen LogP contribution in [0.25, 0.3) is 11.1 Å². The van der Waals surface area contributed by atoms with Gasteiger partial charge in [-0.2, -0.15) is 0 Å². The fourth-order valence-corrected chi connectivity index (χ4v) is 3.16. The molecule has 1 atom stereocenters. The Labute approximate surface area is 140 Å². The highest BCUT2D eigenvalue weighted by molar-refractivity contribution is 6.35. The Kier molecular flexibility index (Phi) is 4.48. The van der Waals surface area contributed by atoms with E-state index >= 15 is 0 Å². The number of likely N-dealkylation sites (N-methyl/N-ethyl adjacent to an activating group) is 1. The number of nitrogens with one attached hydrogen (secondary N) is 1. The van der Waals surface area contributed by atoms with E-state index in [1.165, 1.54) is 0 Å². The fraction of sp³-hybridized carbons (Fsp3) is 0.294. The quantitative estimate of drug-likeness (QED) is 0.907. The molecule has 2 aromatic rings. The third kappa shape index (κ3) is 2.89. The summed E-state index contributed by atoms with van der Waals surface area (Å²) in [7, 11) is 3.58. The third-order valence-electron chi connectivity index (χ3n) is 3.76. The number of ether oxygens (including phenoxy) is 2. The summed E-state index contributed by atoms with van der Waals surface area (Å²) in [5.41, 5.74) is 2.90. The molecule has 0 saturated carbocycles. The van der Waals surface area contributed by atoms with E-state index in [9.17, 15) is 0 Å². The van der Waals surface area contributed by atoms with E-state index in [0.717, 1.165) is 41.2 Å². The first-order valence-corrected chi connectivity index (χ1v) is 7.85. The monoisotopic (exact) mass is 337 g/mol. The van der Waals surface area contributed by atoms with Crippen LogP contribution in [0.2, 0.25) is 10.0 Å². The zero-order valence-electron chi connectivity index (χ0n) is 12.5. The third-order valence-corrected chi connectivity index (χ3v) is 4.32. The molecule has 0 fully saturated rings. The Morgan fingerprint density at radius 3 is 2.77 bits per heavy atom. The van der Waals surface area contributed by atoms with Crippen LogP contribution >= 0.6 is 23.2 Å². The molecule has 0 aromatic heterocycles. The molecule has 1 aliphatic heterocycles. The lowest BCUT2D eigenvalue weighted by Gasteiger charge is -2.14. The van der Waals surface area contributed by atoms with Gasteiger partial charge in [0.15, 0.2) is 0 Å². The maximum absolute atomic E-state index is 6.36. The van der Waals surface area contributed by atoms with Gasteiger partial charge in [-0.1, -0.05) is 23.2 Å². The Balaban J connectivity index is 2.12. The van der Waals surface area contributed by atoms with Crippen molar-refractivity contribution < 1.29 is 9.47 Å². The van der Waals surface area contributed by atoms with Crippen molar-refractivity contribution in [1.82, 2.24) is 5.32 Å². The molecule has 0 amide bonds. The number of fused-ring (bicyclic) bond motifs is 1. The van der Waals surface area contributed by atoms with Gasteiger partial charge in [0.2, 0.25) is 0 Å². The van der Waals surface area contributed by atoms with Gasteiger partial charge in [-0.3, -0.25) is 0 Å². The molecule has 0 saturated heterocycles. The van der Waals surface area contributed by atoms with Crippen LogP contribution in [0, 0.1) is 0 Å². The molecule has 1 aliphatic rings. The zero-order valence-corrected chi connectivity index (χ0v) is 14.0. The summed E-state index contributed by atoms with van der Waals surface area (Å²) < 4.78 is 11.5. The van der Waals surface area contributed by atoms with Crippen molar-refractivity contribution in [2.75, 3.05) is 20.7 Å². The van der Waals surface area contributed by atoms with Crippen molar-refractivity contribution in [1.29, 1.82) is 0 Å². The van der Waals surface area contributed by atoms with E-state index in [1.54, 1.807) is 19.2 Å². The average Bonchev–Trinajstić information content (AvgIpc) is 2.91. The topological polar surface area (TPSA) is 30.5 Å². The van der Waals surface area contributed by atoms with Crippen LogP contribution < -0.4 is 14.8 Å². The van der Waals surface area contributed by atoms with E-state index in [1.807, 2.05) is 25.2 Å². The second-order valence-electron chi connectivity index (χ2n) is 5.29. The summed E-state index contributed by atoms with van der Waals surface area (Å²) in [6.45, 7) is 0.791. The van der Waals surface area contributed by atoms with Crippen molar-refractivity contribution in [3.63, 3.8) is 0 Å². The molecule has 0 radical (unpaired) electrons. The molecular formula is C17H17Cl2NO2. The van der Waals surface area contributed by atoms with Crippen LogP contribution in [0.3, 0.4) is 0 Å². The van der Waals surface area contributed by atoms with E-state index in [-0.39, 0.29) is 6.10 Å². The highest BCUT2D eigenvalue weighted by atomic mass is 35.5. The standard InChI is InChI=1S/C17H17Cl2NO2/c1-20-9-13-6-10-5-12(21-2)8-15(17(10)22-13)14-7-11(18)3-4-16(14)19/h3-5,7-8,13,20H,6,9H2,1-2H3. The van der Waals surface area contributed by atoms with Gasteiger partial charge in [-0.05, 0) is 37.4 Å². The minimum absolute atomic E-state index is 0.115. The van der Waals surface area contributed by atoms with Crippen molar-refractivity contribution in [3.8, 4) is 22.6 Å². The minimum atomic E-state index is 0.115. The molecule has 1 unspecified atom stereocenters. The van der Waals surface area contributed by atoms with Gasteiger partial charge in [0.05, 0.1) is 7.11 Å². The van der Waals surface area contributed by atoms with Crippen LogP contribution in [0.4, 0.5) is 0 Å². The molecular weight excluding hydrogens is 321 g/mol. The van der Waals surface area contributed by atoms with E-state index in [4.69, 9.17) is 32.7 Å². The van der Waals surface area contributed by atoms with Crippen LogP contribution in [0.5, 0.6) is 11.5 Å². The maximum Gasteiger partial charge on any atom is 0.131 e. The van der Waals surface area contributed by atoms with Gasteiger partial charge in [0.25, 0.3) is 0 Å². The Hall–Kier alpha value is -1.42. The van der Waals surface area contributed by atoms with Crippen LogP contribution in [0.15, 0.2) is 30.3 Å². The molecule has 0 bridgehead atoms.